The van der Waals surface area contributed by atoms with Gasteiger partial charge in [-0.15, -0.1) is 11.3 Å². The first-order chi connectivity index (χ1) is 9.60. The summed E-state index contributed by atoms with van der Waals surface area (Å²) in [5.74, 6) is -1.08. The molecule has 2 rings (SSSR count). The molecule has 1 fully saturated rings. The molecule has 1 saturated heterocycles. The molecule has 20 heavy (non-hydrogen) atoms. The van der Waals surface area contributed by atoms with Crippen molar-refractivity contribution in [3.8, 4) is 0 Å². The van der Waals surface area contributed by atoms with Crippen LogP contribution >= 0.6 is 11.3 Å². The van der Waals surface area contributed by atoms with Gasteiger partial charge in [-0.3, -0.25) is 4.79 Å². The van der Waals surface area contributed by atoms with Gasteiger partial charge in [0, 0.05) is 24.2 Å². The molecule has 110 valence electrons. The van der Waals surface area contributed by atoms with Crippen LogP contribution in [0.5, 0.6) is 0 Å². The largest absolute Gasteiger partial charge is 0.481 e. The van der Waals surface area contributed by atoms with Gasteiger partial charge >= 0.3 is 12.0 Å². The van der Waals surface area contributed by atoms with Gasteiger partial charge in [0.25, 0.3) is 0 Å². The Morgan fingerprint density at radius 3 is 2.75 bits per heavy atom. The summed E-state index contributed by atoms with van der Waals surface area (Å²) in [6.45, 7) is 3.51. The third-order valence-corrected chi connectivity index (χ3v) is 4.61. The molecule has 0 bridgehead atoms. The van der Waals surface area contributed by atoms with Crippen molar-refractivity contribution in [2.24, 2.45) is 5.92 Å². The molecule has 2 N–H and O–H groups in total. The molecular formula is C13H19N3O3S. The Hall–Kier alpha value is -1.63. The van der Waals surface area contributed by atoms with Crippen LogP contribution in [-0.2, 0) is 17.8 Å². The lowest BCUT2D eigenvalue weighted by Gasteiger charge is -2.30. The van der Waals surface area contributed by atoms with Gasteiger partial charge in [0.15, 0.2) is 0 Å². The molecule has 0 saturated carbocycles. The van der Waals surface area contributed by atoms with Crippen molar-refractivity contribution in [3.05, 3.63) is 16.1 Å². The Kier molecular flexibility index (Phi) is 4.94. The number of amides is 2. The smallest absolute Gasteiger partial charge is 0.317 e. The van der Waals surface area contributed by atoms with E-state index in [1.54, 1.807) is 16.2 Å². The maximum Gasteiger partial charge on any atom is 0.317 e. The number of nitrogens with one attached hydrogen (secondary N) is 1. The number of urea groups is 1. The zero-order chi connectivity index (χ0) is 14.5. The number of aromatic nitrogens is 1. The fourth-order valence-electron chi connectivity index (χ4n) is 2.19. The normalized spacial score (nSPS) is 16.1. The number of thiazole rings is 1. The van der Waals surface area contributed by atoms with Crippen molar-refractivity contribution in [1.29, 1.82) is 0 Å². The van der Waals surface area contributed by atoms with Gasteiger partial charge in [-0.1, -0.05) is 6.92 Å². The van der Waals surface area contributed by atoms with Gasteiger partial charge in [0.2, 0.25) is 0 Å². The number of piperidine rings is 1. The van der Waals surface area contributed by atoms with Gasteiger partial charge < -0.3 is 15.3 Å². The number of carboxylic acids is 1. The molecule has 7 heteroatoms. The number of hydrogen-bond donors (Lipinski definition) is 2. The number of carboxylic acid groups (broad SMARTS) is 1. The highest BCUT2D eigenvalue weighted by molar-refractivity contribution is 7.11. The Morgan fingerprint density at radius 2 is 2.20 bits per heavy atom. The molecule has 0 aromatic carbocycles. The van der Waals surface area contributed by atoms with Crippen LogP contribution in [0.1, 0.15) is 29.7 Å². The highest BCUT2D eigenvalue weighted by atomic mass is 32.1. The van der Waals surface area contributed by atoms with Gasteiger partial charge in [-0.2, -0.15) is 0 Å². The molecule has 1 aliphatic heterocycles. The fourth-order valence-corrected chi connectivity index (χ4v) is 2.99. The van der Waals surface area contributed by atoms with E-state index >= 15 is 0 Å². The second kappa shape index (κ2) is 6.69. The number of carbonyl (C=O) groups excluding carboxylic acids is 1. The van der Waals surface area contributed by atoms with Gasteiger partial charge in [-0.05, 0) is 19.3 Å². The van der Waals surface area contributed by atoms with Crippen molar-refractivity contribution in [2.75, 3.05) is 13.1 Å². The van der Waals surface area contributed by atoms with Crippen LogP contribution in [0.3, 0.4) is 0 Å². The molecule has 1 aromatic heterocycles. The molecule has 2 amide bonds. The maximum absolute atomic E-state index is 12.0. The summed E-state index contributed by atoms with van der Waals surface area (Å²) in [6.07, 6.45) is 3.85. The van der Waals surface area contributed by atoms with Crippen molar-refractivity contribution in [2.45, 2.75) is 32.7 Å². The zero-order valence-electron chi connectivity index (χ0n) is 11.5. The van der Waals surface area contributed by atoms with E-state index in [4.69, 9.17) is 5.11 Å². The van der Waals surface area contributed by atoms with Crippen molar-refractivity contribution in [1.82, 2.24) is 15.2 Å². The van der Waals surface area contributed by atoms with Crippen molar-refractivity contribution in [3.63, 3.8) is 0 Å². The fraction of sp³-hybridized carbons (Fsp3) is 0.615. The van der Waals surface area contributed by atoms with E-state index in [0.29, 0.717) is 32.5 Å². The standard InChI is InChI=1S/C13H19N3O3S/c1-2-10-7-14-11(20-10)8-15-13(19)16-5-3-9(4-6-16)12(17)18/h7,9H,2-6,8H2,1H3,(H,15,19)(H,17,18). The number of carbonyl (C=O) groups is 2. The average molecular weight is 297 g/mol. The molecule has 0 spiro atoms. The molecule has 0 radical (unpaired) electrons. The number of rotatable bonds is 4. The second-order valence-corrected chi connectivity index (χ2v) is 6.03. The van der Waals surface area contributed by atoms with E-state index in [2.05, 4.69) is 17.2 Å². The molecule has 0 unspecified atom stereocenters. The zero-order valence-corrected chi connectivity index (χ0v) is 12.3. The van der Waals surface area contributed by atoms with Crippen molar-refractivity contribution >= 4 is 23.3 Å². The minimum atomic E-state index is -0.764. The third kappa shape index (κ3) is 3.69. The number of aryl methyl sites for hydroxylation is 1. The third-order valence-electron chi connectivity index (χ3n) is 3.47. The lowest BCUT2D eigenvalue weighted by molar-refractivity contribution is -0.143. The maximum atomic E-state index is 12.0. The summed E-state index contributed by atoms with van der Waals surface area (Å²) < 4.78 is 0. The summed E-state index contributed by atoms with van der Waals surface area (Å²) in [5, 5.41) is 12.7. The topological polar surface area (TPSA) is 82.5 Å². The summed E-state index contributed by atoms with van der Waals surface area (Å²) in [7, 11) is 0. The number of likely N-dealkylation sites (tertiary alicyclic amines) is 1. The molecule has 6 nitrogen and oxygen atoms in total. The Morgan fingerprint density at radius 1 is 1.50 bits per heavy atom. The van der Waals surface area contributed by atoms with E-state index in [0.717, 1.165) is 11.4 Å². The van der Waals surface area contributed by atoms with E-state index < -0.39 is 5.97 Å². The van der Waals surface area contributed by atoms with Gasteiger partial charge in [-0.25, -0.2) is 9.78 Å². The average Bonchev–Trinajstić information content (AvgIpc) is 2.93. The molecular weight excluding hydrogens is 278 g/mol. The van der Waals surface area contributed by atoms with Crippen LogP contribution < -0.4 is 5.32 Å². The van der Waals surface area contributed by atoms with Crippen LogP contribution in [0.15, 0.2) is 6.20 Å². The minimum Gasteiger partial charge on any atom is -0.481 e. The minimum absolute atomic E-state index is 0.137. The first kappa shape index (κ1) is 14.8. The monoisotopic (exact) mass is 297 g/mol. The van der Waals surface area contributed by atoms with E-state index in [1.807, 2.05) is 6.20 Å². The van der Waals surface area contributed by atoms with Crippen molar-refractivity contribution < 1.29 is 14.7 Å². The van der Waals surface area contributed by atoms with Gasteiger partial charge in [0.1, 0.15) is 5.01 Å². The van der Waals surface area contributed by atoms with Gasteiger partial charge in [0.05, 0.1) is 12.5 Å². The quantitative estimate of drug-likeness (QED) is 0.886. The Bertz CT molecular complexity index is 481. The predicted molar refractivity (Wildman–Crippen MR) is 75.7 cm³/mol. The molecule has 1 aliphatic rings. The second-order valence-electron chi connectivity index (χ2n) is 4.83. The predicted octanol–water partition coefficient (Wildman–Crippen LogP) is 1.71. The summed E-state index contributed by atoms with van der Waals surface area (Å²) in [6, 6.07) is -0.137. The van der Waals surface area contributed by atoms with Crippen LogP contribution in [0, 0.1) is 5.92 Å². The molecule has 1 aromatic rings. The highest BCUT2D eigenvalue weighted by Crippen LogP contribution is 2.17. The first-order valence-electron chi connectivity index (χ1n) is 6.79. The number of hydrogen-bond acceptors (Lipinski definition) is 4. The molecule has 0 atom stereocenters. The Labute approximate surface area is 121 Å². The SMILES string of the molecule is CCc1cnc(CNC(=O)N2CCC(C(=O)O)CC2)s1. The number of aliphatic carboxylic acids is 1. The van der Waals surface area contributed by atoms with Crippen LogP contribution in [0.25, 0.3) is 0 Å². The summed E-state index contributed by atoms with van der Waals surface area (Å²) in [5.41, 5.74) is 0. The van der Waals surface area contributed by atoms with E-state index in [9.17, 15) is 9.59 Å². The molecule has 2 heterocycles. The summed E-state index contributed by atoms with van der Waals surface area (Å²) in [4.78, 5) is 29.9. The lowest BCUT2D eigenvalue weighted by atomic mass is 9.97. The van der Waals surface area contributed by atoms with Crippen LogP contribution in [-0.4, -0.2) is 40.1 Å². The summed E-state index contributed by atoms with van der Waals surface area (Å²) >= 11 is 1.60. The van der Waals surface area contributed by atoms with E-state index in [-0.39, 0.29) is 11.9 Å². The van der Waals surface area contributed by atoms with Crippen LogP contribution in [0.4, 0.5) is 4.79 Å². The molecule has 0 aliphatic carbocycles. The highest BCUT2D eigenvalue weighted by Gasteiger charge is 2.26. The number of nitrogens with zero attached hydrogens (tertiary/aromatic N) is 2. The van der Waals surface area contributed by atoms with E-state index in [1.165, 1.54) is 4.88 Å². The lowest BCUT2D eigenvalue weighted by Crippen LogP contribution is -2.45. The van der Waals surface area contributed by atoms with Crippen LogP contribution in [0.2, 0.25) is 0 Å². The Balaban J connectivity index is 1.77. The first-order valence-corrected chi connectivity index (χ1v) is 7.61.